The van der Waals surface area contributed by atoms with Crippen LogP contribution in [0.2, 0.25) is 0 Å². The summed E-state index contributed by atoms with van der Waals surface area (Å²) in [6.07, 6.45) is 0. The van der Waals surface area contributed by atoms with Crippen molar-refractivity contribution in [1.29, 1.82) is 0 Å². The van der Waals surface area contributed by atoms with Gasteiger partial charge in [0.2, 0.25) is 0 Å². The minimum atomic E-state index is -0.297. The Labute approximate surface area is 146 Å². The van der Waals surface area contributed by atoms with Crippen LogP contribution in [0.3, 0.4) is 0 Å². The predicted molar refractivity (Wildman–Crippen MR) is 102 cm³/mol. The smallest absolute Gasteiger partial charge is 0.323 e. The Morgan fingerprint density at radius 2 is 1.40 bits per heavy atom. The number of aryl methyl sites for hydroxylation is 2. The van der Waals surface area contributed by atoms with Gasteiger partial charge in [-0.1, -0.05) is 0 Å². The summed E-state index contributed by atoms with van der Waals surface area (Å²) in [6.45, 7) is 3.86. The van der Waals surface area contributed by atoms with E-state index in [1.54, 1.807) is 0 Å². The van der Waals surface area contributed by atoms with Gasteiger partial charge in [-0.3, -0.25) is 0 Å². The quantitative estimate of drug-likeness (QED) is 0.760. The van der Waals surface area contributed by atoms with Gasteiger partial charge in [-0.15, -0.1) is 0 Å². The normalized spacial score (nSPS) is 10.6. The van der Waals surface area contributed by atoms with Gasteiger partial charge in [0.25, 0.3) is 0 Å². The van der Waals surface area contributed by atoms with E-state index in [1.165, 1.54) is 0 Å². The second-order valence-electron chi connectivity index (χ2n) is 6.12. The highest BCUT2D eigenvalue weighted by atomic mass is 16.2. The summed E-state index contributed by atoms with van der Waals surface area (Å²) < 4.78 is 0. The SMILES string of the molecule is Cc1nc2ccc(NC(=O)Nc3ccc(N(C)C)cc3)cc2nc1C. The third-order valence-corrected chi connectivity index (χ3v) is 3.97. The summed E-state index contributed by atoms with van der Waals surface area (Å²) in [5.41, 5.74) is 5.85. The topological polar surface area (TPSA) is 70.2 Å². The standard InChI is InChI=1S/C19H21N5O/c1-12-13(2)21-18-11-15(7-10-17(18)20-12)23-19(25)22-14-5-8-16(9-6-14)24(3)4/h5-11H,1-4H3,(H2,22,23,25). The molecule has 3 aromatic rings. The molecule has 2 N–H and O–H groups in total. The van der Waals surface area contributed by atoms with Crippen molar-refractivity contribution in [2.24, 2.45) is 0 Å². The number of nitrogens with zero attached hydrogens (tertiary/aromatic N) is 3. The summed E-state index contributed by atoms with van der Waals surface area (Å²) in [5, 5.41) is 5.65. The number of hydrogen-bond acceptors (Lipinski definition) is 4. The molecule has 0 saturated carbocycles. The summed E-state index contributed by atoms with van der Waals surface area (Å²) in [4.78, 5) is 23.2. The van der Waals surface area contributed by atoms with Crippen molar-refractivity contribution in [3.63, 3.8) is 0 Å². The molecule has 6 heteroatoms. The van der Waals surface area contributed by atoms with E-state index in [0.717, 1.165) is 33.8 Å². The van der Waals surface area contributed by atoms with Crippen LogP contribution in [-0.2, 0) is 0 Å². The molecule has 0 aliphatic rings. The monoisotopic (exact) mass is 335 g/mol. The fourth-order valence-corrected chi connectivity index (χ4v) is 2.44. The lowest BCUT2D eigenvalue weighted by Gasteiger charge is -2.13. The molecule has 0 atom stereocenters. The van der Waals surface area contributed by atoms with Crippen LogP contribution in [0, 0.1) is 13.8 Å². The van der Waals surface area contributed by atoms with Gasteiger partial charge in [0.15, 0.2) is 0 Å². The van der Waals surface area contributed by atoms with Crippen molar-refractivity contribution >= 4 is 34.1 Å². The number of aromatic nitrogens is 2. The van der Waals surface area contributed by atoms with Crippen molar-refractivity contribution in [2.75, 3.05) is 29.6 Å². The molecule has 1 heterocycles. The van der Waals surface area contributed by atoms with Crippen LogP contribution in [0.5, 0.6) is 0 Å². The molecule has 0 bridgehead atoms. The molecule has 1 aromatic heterocycles. The Morgan fingerprint density at radius 1 is 0.840 bits per heavy atom. The molecule has 3 rings (SSSR count). The molecule has 0 aliphatic carbocycles. The van der Waals surface area contributed by atoms with Gasteiger partial charge in [-0.05, 0) is 56.3 Å². The number of rotatable bonds is 3. The van der Waals surface area contributed by atoms with Gasteiger partial charge in [0.05, 0.1) is 22.4 Å². The Morgan fingerprint density at radius 3 is 2.04 bits per heavy atom. The van der Waals surface area contributed by atoms with E-state index < -0.39 is 0 Å². The summed E-state index contributed by atoms with van der Waals surface area (Å²) in [7, 11) is 3.95. The molecular weight excluding hydrogens is 314 g/mol. The first kappa shape index (κ1) is 16.7. The van der Waals surface area contributed by atoms with Crippen LogP contribution in [0.25, 0.3) is 11.0 Å². The Hall–Kier alpha value is -3.15. The summed E-state index contributed by atoms with van der Waals surface area (Å²) >= 11 is 0. The maximum atomic E-state index is 12.2. The first-order valence-corrected chi connectivity index (χ1v) is 8.03. The van der Waals surface area contributed by atoms with E-state index in [2.05, 4.69) is 20.6 Å². The third-order valence-electron chi connectivity index (χ3n) is 3.97. The minimum Gasteiger partial charge on any atom is -0.378 e. The highest BCUT2D eigenvalue weighted by Gasteiger charge is 2.06. The van der Waals surface area contributed by atoms with Gasteiger partial charge in [-0.25, -0.2) is 14.8 Å². The Balaban J connectivity index is 1.72. The van der Waals surface area contributed by atoms with Crippen LogP contribution < -0.4 is 15.5 Å². The first-order chi connectivity index (χ1) is 11.9. The van der Waals surface area contributed by atoms with Gasteiger partial charge >= 0.3 is 6.03 Å². The zero-order chi connectivity index (χ0) is 18.0. The van der Waals surface area contributed by atoms with E-state index in [1.807, 2.05) is 75.3 Å². The van der Waals surface area contributed by atoms with Gasteiger partial charge in [0.1, 0.15) is 0 Å². The lowest BCUT2D eigenvalue weighted by molar-refractivity contribution is 0.262. The maximum Gasteiger partial charge on any atom is 0.323 e. The van der Waals surface area contributed by atoms with Gasteiger partial charge in [0, 0.05) is 31.2 Å². The van der Waals surface area contributed by atoms with E-state index in [-0.39, 0.29) is 6.03 Å². The number of carbonyl (C=O) groups excluding carboxylic acids is 1. The number of amides is 2. The number of fused-ring (bicyclic) bond motifs is 1. The average molecular weight is 335 g/mol. The van der Waals surface area contributed by atoms with Gasteiger partial charge in [-0.2, -0.15) is 0 Å². The average Bonchev–Trinajstić information content (AvgIpc) is 2.56. The highest BCUT2D eigenvalue weighted by molar-refractivity contribution is 6.00. The molecule has 0 saturated heterocycles. The summed E-state index contributed by atoms with van der Waals surface area (Å²) in [6, 6.07) is 12.8. The zero-order valence-electron chi connectivity index (χ0n) is 14.8. The van der Waals surface area contributed by atoms with Crippen molar-refractivity contribution < 1.29 is 4.79 Å². The fraction of sp³-hybridized carbons (Fsp3) is 0.211. The number of benzene rings is 2. The van der Waals surface area contributed by atoms with Crippen LogP contribution in [0.1, 0.15) is 11.4 Å². The second-order valence-corrected chi connectivity index (χ2v) is 6.12. The second kappa shape index (κ2) is 6.76. The molecule has 0 fully saturated rings. The largest absolute Gasteiger partial charge is 0.378 e. The maximum absolute atomic E-state index is 12.2. The molecule has 0 spiro atoms. The van der Waals surface area contributed by atoms with Crippen molar-refractivity contribution in [3.8, 4) is 0 Å². The van der Waals surface area contributed by atoms with Crippen molar-refractivity contribution in [2.45, 2.75) is 13.8 Å². The third kappa shape index (κ3) is 3.85. The molecule has 2 amide bonds. The molecule has 0 aliphatic heterocycles. The van der Waals surface area contributed by atoms with Crippen LogP contribution >= 0.6 is 0 Å². The predicted octanol–water partition coefficient (Wildman–Crippen LogP) is 3.96. The van der Waals surface area contributed by atoms with Crippen molar-refractivity contribution in [3.05, 3.63) is 53.9 Å². The first-order valence-electron chi connectivity index (χ1n) is 8.03. The molecule has 0 radical (unpaired) electrons. The van der Waals surface area contributed by atoms with Gasteiger partial charge < -0.3 is 15.5 Å². The van der Waals surface area contributed by atoms with Crippen LogP contribution in [0.4, 0.5) is 21.9 Å². The lowest BCUT2D eigenvalue weighted by Crippen LogP contribution is -2.19. The van der Waals surface area contributed by atoms with E-state index in [9.17, 15) is 4.79 Å². The van der Waals surface area contributed by atoms with E-state index in [0.29, 0.717) is 5.69 Å². The lowest BCUT2D eigenvalue weighted by atomic mass is 10.2. The van der Waals surface area contributed by atoms with Crippen LogP contribution in [0.15, 0.2) is 42.5 Å². The molecule has 6 nitrogen and oxygen atoms in total. The Kier molecular flexibility index (Phi) is 4.52. The molecule has 25 heavy (non-hydrogen) atoms. The molecule has 2 aromatic carbocycles. The number of hydrogen-bond donors (Lipinski definition) is 2. The Bertz CT molecular complexity index is 919. The summed E-state index contributed by atoms with van der Waals surface area (Å²) in [5.74, 6) is 0. The van der Waals surface area contributed by atoms with Crippen molar-refractivity contribution in [1.82, 2.24) is 9.97 Å². The zero-order valence-corrected chi connectivity index (χ0v) is 14.8. The molecule has 128 valence electrons. The van der Waals surface area contributed by atoms with E-state index >= 15 is 0 Å². The molecular formula is C19H21N5O. The number of nitrogens with one attached hydrogen (secondary N) is 2. The van der Waals surface area contributed by atoms with Crippen LogP contribution in [-0.4, -0.2) is 30.1 Å². The number of urea groups is 1. The fourth-order valence-electron chi connectivity index (χ4n) is 2.44. The highest BCUT2D eigenvalue weighted by Crippen LogP contribution is 2.19. The minimum absolute atomic E-state index is 0.297. The number of anilines is 3. The van der Waals surface area contributed by atoms with E-state index in [4.69, 9.17) is 0 Å². The molecule has 0 unspecified atom stereocenters. The number of carbonyl (C=O) groups is 1.